The number of aryl methyl sites for hydroxylation is 1. The third-order valence-electron chi connectivity index (χ3n) is 2.63. The van der Waals surface area contributed by atoms with Gasteiger partial charge in [-0.05, 0) is 12.1 Å². The van der Waals surface area contributed by atoms with Crippen molar-refractivity contribution in [3.8, 4) is 11.3 Å². The average molecular weight is 270 g/mol. The third kappa shape index (κ3) is 2.44. The van der Waals surface area contributed by atoms with Crippen molar-refractivity contribution in [1.29, 1.82) is 0 Å². The van der Waals surface area contributed by atoms with Gasteiger partial charge in [0.05, 0.1) is 17.5 Å². The van der Waals surface area contributed by atoms with Crippen molar-refractivity contribution in [2.24, 2.45) is 7.05 Å². The number of rotatable bonds is 2. The third-order valence-corrected chi connectivity index (χ3v) is 2.63. The molecule has 1 heterocycles. The minimum atomic E-state index is -4.47. The molecule has 1 aromatic carbocycles. The Morgan fingerprint density at radius 2 is 2.05 bits per heavy atom. The van der Waals surface area contributed by atoms with E-state index in [4.69, 9.17) is 5.11 Å². The molecule has 4 nitrogen and oxygen atoms in total. The van der Waals surface area contributed by atoms with E-state index in [1.165, 1.54) is 23.9 Å². The Labute approximate surface area is 106 Å². The van der Waals surface area contributed by atoms with Crippen LogP contribution in [0.1, 0.15) is 15.9 Å². The fourth-order valence-electron chi connectivity index (χ4n) is 1.78. The van der Waals surface area contributed by atoms with Crippen molar-refractivity contribution in [2.45, 2.75) is 6.18 Å². The summed E-state index contributed by atoms with van der Waals surface area (Å²) in [5.41, 5.74) is -0.671. The summed E-state index contributed by atoms with van der Waals surface area (Å²) in [5.74, 6) is -1.24. The quantitative estimate of drug-likeness (QED) is 0.912. The van der Waals surface area contributed by atoms with Crippen LogP contribution in [0.4, 0.5) is 13.2 Å². The Balaban J connectivity index is 2.60. The second kappa shape index (κ2) is 4.42. The lowest BCUT2D eigenvalue weighted by Crippen LogP contribution is -2.06. The average Bonchev–Trinajstić information content (AvgIpc) is 2.70. The van der Waals surface area contributed by atoms with E-state index < -0.39 is 17.7 Å². The van der Waals surface area contributed by atoms with Crippen molar-refractivity contribution >= 4 is 5.97 Å². The maximum absolute atomic E-state index is 12.6. The Hall–Kier alpha value is -2.31. The van der Waals surface area contributed by atoms with Crippen LogP contribution in [0.2, 0.25) is 0 Å². The first-order valence-corrected chi connectivity index (χ1v) is 5.23. The number of carbonyl (C=O) groups is 1. The number of carboxylic acid groups (broad SMARTS) is 1. The van der Waals surface area contributed by atoms with Crippen LogP contribution in [0.15, 0.2) is 30.5 Å². The fraction of sp³-hybridized carbons (Fsp3) is 0.167. The summed E-state index contributed by atoms with van der Waals surface area (Å²) in [4.78, 5) is 11.0. The van der Waals surface area contributed by atoms with E-state index in [9.17, 15) is 18.0 Å². The van der Waals surface area contributed by atoms with Crippen molar-refractivity contribution in [3.05, 3.63) is 41.6 Å². The molecule has 0 aliphatic carbocycles. The first kappa shape index (κ1) is 13.1. The number of halogens is 3. The van der Waals surface area contributed by atoms with Crippen LogP contribution >= 0.6 is 0 Å². The van der Waals surface area contributed by atoms with Crippen molar-refractivity contribution in [1.82, 2.24) is 9.78 Å². The molecular formula is C12H9F3N2O2. The van der Waals surface area contributed by atoms with Crippen LogP contribution in [0.25, 0.3) is 11.3 Å². The van der Waals surface area contributed by atoms with Crippen molar-refractivity contribution in [2.75, 3.05) is 0 Å². The van der Waals surface area contributed by atoms with Crippen LogP contribution in [-0.2, 0) is 13.2 Å². The first-order chi connectivity index (χ1) is 8.80. The highest BCUT2D eigenvalue weighted by Gasteiger charge is 2.31. The van der Waals surface area contributed by atoms with E-state index >= 15 is 0 Å². The van der Waals surface area contributed by atoms with Gasteiger partial charge in [0, 0.05) is 12.6 Å². The van der Waals surface area contributed by atoms with Crippen LogP contribution in [0.3, 0.4) is 0 Å². The molecule has 2 rings (SSSR count). The van der Waals surface area contributed by atoms with Crippen LogP contribution in [0, 0.1) is 0 Å². The topological polar surface area (TPSA) is 55.1 Å². The second-order valence-electron chi connectivity index (χ2n) is 3.91. The van der Waals surface area contributed by atoms with Gasteiger partial charge < -0.3 is 5.11 Å². The lowest BCUT2D eigenvalue weighted by Gasteiger charge is -2.09. The summed E-state index contributed by atoms with van der Waals surface area (Å²) < 4.78 is 39.1. The predicted molar refractivity (Wildman–Crippen MR) is 60.6 cm³/mol. The summed E-state index contributed by atoms with van der Waals surface area (Å²) in [7, 11) is 1.47. The number of aromatic carboxylic acids is 1. The number of alkyl halides is 3. The monoisotopic (exact) mass is 270 g/mol. The number of nitrogens with zero attached hydrogens (tertiary/aromatic N) is 2. The van der Waals surface area contributed by atoms with Gasteiger partial charge in [0.15, 0.2) is 0 Å². The highest BCUT2D eigenvalue weighted by Crippen LogP contribution is 2.32. The zero-order chi connectivity index (χ0) is 14.2. The predicted octanol–water partition coefficient (Wildman–Crippen LogP) is 2.80. The maximum atomic E-state index is 12.6. The molecule has 100 valence electrons. The molecule has 0 bridgehead atoms. The molecule has 0 saturated carbocycles. The zero-order valence-corrected chi connectivity index (χ0v) is 9.77. The van der Waals surface area contributed by atoms with Gasteiger partial charge in [0.2, 0.25) is 0 Å². The summed E-state index contributed by atoms with van der Waals surface area (Å²) in [6, 6.07) is 4.49. The molecule has 0 unspecified atom stereocenters. The van der Waals surface area contributed by atoms with Gasteiger partial charge >= 0.3 is 12.1 Å². The van der Waals surface area contributed by atoms with Crippen molar-refractivity contribution in [3.63, 3.8) is 0 Å². The number of hydrogen-bond donors (Lipinski definition) is 1. The van der Waals surface area contributed by atoms with Gasteiger partial charge in [0.1, 0.15) is 5.56 Å². The standard InChI is InChI=1S/C12H9F3N2O2/c1-17-10(9(6-16-17)11(18)19)7-3-2-4-8(5-7)12(13,14)15/h2-6H,1H3,(H,18,19). The van der Waals surface area contributed by atoms with Gasteiger partial charge in [-0.15, -0.1) is 0 Å². The van der Waals surface area contributed by atoms with Gasteiger partial charge in [0.25, 0.3) is 0 Å². The number of benzene rings is 1. The van der Waals surface area contributed by atoms with Crippen LogP contribution in [-0.4, -0.2) is 20.9 Å². The van der Waals surface area contributed by atoms with E-state index in [0.29, 0.717) is 0 Å². The number of aromatic nitrogens is 2. The zero-order valence-electron chi connectivity index (χ0n) is 9.77. The fourth-order valence-corrected chi connectivity index (χ4v) is 1.78. The Morgan fingerprint density at radius 1 is 1.37 bits per heavy atom. The summed E-state index contributed by atoms with van der Waals surface area (Å²) in [6.45, 7) is 0. The normalized spacial score (nSPS) is 11.6. The first-order valence-electron chi connectivity index (χ1n) is 5.23. The maximum Gasteiger partial charge on any atom is 0.416 e. The van der Waals surface area contributed by atoms with Crippen LogP contribution in [0.5, 0.6) is 0 Å². The lowest BCUT2D eigenvalue weighted by atomic mass is 10.0. The van der Waals surface area contributed by atoms with Crippen molar-refractivity contribution < 1.29 is 23.1 Å². The minimum absolute atomic E-state index is 0.137. The summed E-state index contributed by atoms with van der Waals surface area (Å²) >= 11 is 0. The van der Waals surface area contributed by atoms with E-state index in [1.807, 2.05) is 0 Å². The van der Waals surface area contributed by atoms with Gasteiger partial charge in [-0.25, -0.2) is 4.79 Å². The molecule has 0 saturated heterocycles. The molecule has 0 spiro atoms. The largest absolute Gasteiger partial charge is 0.478 e. The Morgan fingerprint density at radius 3 is 2.63 bits per heavy atom. The lowest BCUT2D eigenvalue weighted by molar-refractivity contribution is -0.137. The Kier molecular flexibility index (Phi) is 3.05. The molecule has 0 amide bonds. The molecule has 19 heavy (non-hydrogen) atoms. The molecule has 7 heteroatoms. The molecule has 1 N–H and O–H groups in total. The molecule has 2 aromatic rings. The SMILES string of the molecule is Cn1ncc(C(=O)O)c1-c1cccc(C(F)(F)F)c1. The highest BCUT2D eigenvalue weighted by molar-refractivity contribution is 5.94. The number of hydrogen-bond acceptors (Lipinski definition) is 2. The molecule has 0 aliphatic heterocycles. The van der Waals surface area contributed by atoms with E-state index in [1.54, 1.807) is 0 Å². The summed E-state index contributed by atoms with van der Waals surface area (Å²) in [6.07, 6.45) is -3.37. The number of carboxylic acids is 1. The molecule has 1 aromatic heterocycles. The Bertz CT molecular complexity index is 632. The van der Waals surface area contributed by atoms with Gasteiger partial charge in [-0.3, -0.25) is 4.68 Å². The van der Waals surface area contributed by atoms with Gasteiger partial charge in [-0.2, -0.15) is 18.3 Å². The van der Waals surface area contributed by atoms with E-state index in [2.05, 4.69) is 5.10 Å². The molecule has 0 aliphatic rings. The van der Waals surface area contributed by atoms with Crippen LogP contribution < -0.4 is 0 Å². The second-order valence-corrected chi connectivity index (χ2v) is 3.91. The van der Waals surface area contributed by atoms with E-state index in [-0.39, 0.29) is 16.8 Å². The molecular weight excluding hydrogens is 261 g/mol. The summed E-state index contributed by atoms with van der Waals surface area (Å²) in [5, 5.41) is 12.8. The molecule has 0 atom stereocenters. The smallest absolute Gasteiger partial charge is 0.416 e. The molecule has 0 fully saturated rings. The minimum Gasteiger partial charge on any atom is -0.478 e. The van der Waals surface area contributed by atoms with E-state index in [0.717, 1.165) is 18.3 Å². The highest BCUT2D eigenvalue weighted by atomic mass is 19.4. The molecule has 0 radical (unpaired) electrons. The van der Waals surface area contributed by atoms with Gasteiger partial charge in [-0.1, -0.05) is 12.1 Å².